The summed E-state index contributed by atoms with van der Waals surface area (Å²) in [6, 6.07) is 3.93. The van der Waals surface area contributed by atoms with E-state index in [0.29, 0.717) is 18.9 Å². The molecule has 2 rings (SSSR count). The maximum atomic E-state index is 11.8. The van der Waals surface area contributed by atoms with Crippen LogP contribution < -0.4 is 10.6 Å². The van der Waals surface area contributed by atoms with E-state index in [4.69, 9.17) is 0 Å². The Bertz CT molecular complexity index is 423. The number of nitrogens with one attached hydrogen (secondary N) is 2. The Morgan fingerprint density at radius 1 is 1.38 bits per heavy atom. The van der Waals surface area contributed by atoms with Crippen molar-refractivity contribution in [3.05, 3.63) is 29.6 Å². The maximum Gasteiger partial charge on any atom is 0.220 e. The normalized spacial score (nSPS) is 14.7. The zero-order chi connectivity index (χ0) is 13.5. The lowest BCUT2D eigenvalue weighted by atomic mass is 9.93. The Labute approximate surface area is 139 Å². The topological polar surface area (TPSA) is 54.0 Å². The summed E-state index contributed by atoms with van der Waals surface area (Å²) >= 11 is 0. The lowest BCUT2D eigenvalue weighted by Crippen LogP contribution is -2.29. The summed E-state index contributed by atoms with van der Waals surface area (Å²) in [6.45, 7) is 4.75. The molecule has 1 aliphatic heterocycles. The molecular formula is C15H25Cl2N3O. The molecular weight excluding hydrogens is 309 g/mol. The van der Waals surface area contributed by atoms with Crippen molar-refractivity contribution in [2.24, 2.45) is 5.92 Å². The van der Waals surface area contributed by atoms with Gasteiger partial charge in [-0.3, -0.25) is 9.78 Å². The first-order valence-electron chi connectivity index (χ1n) is 7.13. The molecule has 0 unspecified atom stereocenters. The second-order valence-corrected chi connectivity index (χ2v) is 5.28. The van der Waals surface area contributed by atoms with Gasteiger partial charge in [-0.25, -0.2) is 0 Å². The Balaban J connectivity index is 0.00000200. The molecule has 4 nitrogen and oxygen atoms in total. The van der Waals surface area contributed by atoms with Gasteiger partial charge >= 0.3 is 0 Å². The van der Waals surface area contributed by atoms with E-state index in [1.165, 1.54) is 12.8 Å². The molecule has 120 valence electrons. The van der Waals surface area contributed by atoms with Gasteiger partial charge in [-0.2, -0.15) is 0 Å². The first-order valence-corrected chi connectivity index (χ1v) is 7.13. The van der Waals surface area contributed by atoms with Gasteiger partial charge in [-0.05, 0) is 56.8 Å². The molecule has 1 aromatic rings. The summed E-state index contributed by atoms with van der Waals surface area (Å²) in [6.07, 6.45) is 5.81. The fourth-order valence-corrected chi connectivity index (χ4v) is 2.48. The van der Waals surface area contributed by atoms with Crippen LogP contribution in [0.2, 0.25) is 0 Å². The summed E-state index contributed by atoms with van der Waals surface area (Å²) < 4.78 is 0. The number of halogens is 2. The smallest absolute Gasteiger partial charge is 0.220 e. The van der Waals surface area contributed by atoms with Gasteiger partial charge in [-0.15, -0.1) is 24.8 Å². The van der Waals surface area contributed by atoms with E-state index < -0.39 is 0 Å². The summed E-state index contributed by atoms with van der Waals surface area (Å²) in [7, 11) is 0. The number of piperidine rings is 1. The van der Waals surface area contributed by atoms with Gasteiger partial charge in [0.15, 0.2) is 0 Å². The first-order chi connectivity index (χ1) is 9.25. The van der Waals surface area contributed by atoms with E-state index in [0.717, 1.165) is 30.8 Å². The number of rotatable bonds is 5. The summed E-state index contributed by atoms with van der Waals surface area (Å²) in [5.74, 6) is 0.854. The zero-order valence-corrected chi connectivity index (χ0v) is 14.1. The highest BCUT2D eigenvalue weighted by atomic mass is 35.5. The van der Waals surface area contributed by atoms with E-state index in [9.17, 15) is 4.79 Å². The SMILES string of the molecule is Cc1cccnc1CNC(=O)CCC1CCNCC1.Cl.Cl. The molecule has 0 saturated carbocycles. The minimum Gasteiger partial charge on any atom is -0.350 e. The third kappa shape index (κ3) is 7.11. The van der Waals surface area contributed by atoms with Crippen LogP contribution in [0.4, 0.5) is 0 Å². The molecule has 0 spiro atoms. The molecule has 0 atom stereocenters. The number of amides is 1. The largest absolute Gasteiger partial charge is 0.350 e. The standard InChI is InChI=1S/C15H23N3O.2ClH/c1-12-3-2-8-17-14(12)11-18-15(19)5-4-13-6-9-16-10-7-13;;/h2-3,8,13,16H,4-7,9-11H2,1H3,(H,18,19);2*1H. The molecule has 1 saturated heterocycles. The highest BCUT2D eigenvalue weighted by molar-refractivity contribution is 5.85. The molecule has 2 N–H and O–H groups in total. The number of hydrogen-bond donors (Lipinski definition) is 2. The van der Waals surface area contributed by atoms with Gasteiger partial charge in [0.2, 0.25) is 5.91 Å². The Morgan fingerprint density at radius 2 is 2.10 bits per heavy atom. The van der Waals surface area contributed by atoms with Crippen LogP contribution in [0.1, 0.15) is 36.9 Å². The summed E-state index contributed by atoms with van der Waals surface area (Å²) in [4.78, 5) is 16.1. The van der Waals surface area contributed by atoms with Gasteiger partial charge in [0.1, 0.15) is 0 Å². The van der Waals surface area contributed by atoms with Crippen LogP contribution in [0.5, 0.6) is 0 Å². The lowest BCUT2D eigenvalue weighted by Gasteiger charge is -2.22. The maximum absolute atomic E-state index is 11.8. The van der Waals surface area contributed by atoms with Gasteiger partial charge in [-0.1, -0.05) is 6.07 Å². The van der Waals surface area contributed by atoms with E-state index in [1.807, 2.05) is 19.1 Å². The van der Waals surface area contributed by atoms with Crippen LogP contribution in [0.25, 0.3) is 0 Å². The number of hydrogen-bond acceptors (Lipinski definition) is 3. The average molecular weight is 334 g/mol. The molecule has 0 aromatic carbocycles. The monoisotopic (exact) mass is 333 g/mol. The van der Waals surface area contributed by atoms with Crippen molar-refractivity contribution in [2.75, 3.05) is 13.1 Å². The first kappa shape index (κ1) is 20.2. The van der Waals surface area contributed by atoms with E-state index >= 15 is 0 Å². The number of nitrogens with zero attached hydrogens (tertiary/aromatic N) is 1. The van der Waals surface area contributed by atoms with Crippen LogP contribution in [-0.4, -0.2) is 24.0 Å². The molecule has 21 heavy (non-hydrogen) atoms. The van der Waals surface area contributed by atoms with Crippen molar-refractivity contribution in [3.63, 3.8) is 0 Å². The third-order valence-corrected chi connectivity index (χ3v) is 3.81. The third-order valence-electron chi connectivity index (χ3n) is 3.81. The van der Waals surface area contributed by atoms with Crippen molar-refractivity contribution in [1.29, 1.82) is 0 Å². The minimum atomic E-state index is 0. The fraction of sp³-hybridized carbons (Fsp3) is 0.600. The molecule has 2 heterocycles. The Morgan fingerprint density at radius 3 is 2.76 bits per heavy atom. The van der Waals surface area contributed by atoms with E-state index in [-0.39, 0.29) is 30.7 Å². The number of aryl methyl sites for hydroxylation is 1. The average Bonchev–Trinajstić information content (AvgIpc) is 2.45. The van der Waals surface area contributed by atoms with Crippen LogP contribution >= 0.6 is 24.8 Å². The second kappa shape index (κ2) is 10.8. The molecule has 1 fully saturated rings. The van der Waals surface area contributed by atoms with Crippen molar-refractivity contribution in [3.8, 4) is 0 Å². The molecule has 1 aromatic heterocycles. The number of carbonyl (C=O) groups is 1. The molecule has 1 aliphatic rings. The second-order valence-electron chi connectivity index (χ2n) is 5.28. The Hall–Kier alpha value is -0.840. The van der Waals surface area contributed by atoms with Crippen LogP contribution in [0.15, 0.2) is 18.3 Å². The zero-order valence-electron chi connectivity index (χ0n) is 12.4. The molecule has 0 aliphatic carbocycles. The van der Waals surface area contributed by atoms with Crippen molar-refractivity contribution in [1.82, 2.24) is 15.6 Å². The Kier molecular flexibility index (Phi) is 10.4. The quantitative estimate of drug-likeness (QED) is 0.870. The van der Waals surface area contributed by atoms with Gasteiger partial charge < -0.3 is 10.6 Å². The molecule has 6 heteroatoms. The van der Waals surface area contributed by atoms with E-state index in [2.05, 4.69) is 15.6 Å². The van der Waals surface area contributed by atoms with Crippen molar-refractivity contribution in [2.45, 2.75) is 39.2 Å². The van der Waals surface area contributed by atoms with Crippen LogP contribution in [0.3, 0.4) is 0 Å². The van der Waals surface area contributed by atoms with Crippen LogP contribution in [-0.2, 0) is 11.3 Å². The molecule has 1 amide bonds. The van der Waals surface area contributed by atoms with Crippen LogP contribution in [0, 0.1) is 12.8 Å². The van der Waals surface area contributed by atoms with Gasteiger partial charge in [0.25, 0.3) is 0 Å². The summed E-state index contributed by atoms with van der Waals surface area (Å²) in [5, 5.41) is 6.31. The molecule has 0 bridgehead atoms. The predicted octanol–water partition coefficient (Wildman–Crippen LogP) is 2.63. The van der Waals surface area contributed by atoms with Gasteiger partial charge in [0.05, 0.1) is 12.2 Å². The van der Waals surface area contributed by atoms with E-state index in [1.54, 1.807) is 6.20 Å². The van der Waals surface area contributed by atoms with Crippen molar-refractivity contribution >= 4 is 30.7 Å². The highest BCUT2D eigenvalue weighted by Crippen LogP contribution is 2.17. The fourth-order valence-electron chi connectivity index (χ4n) is 2.48. The van der Waals surface area contributed by atoms with Crippen molar-refractivity contribution < 1.29 is 4.79 Å². The van der Waals surface area contributed by atoms with Gasteiger partial charge in [0, 0.05) is 12.6 Å². The molecule has 0 radical (unpaired) electrons. The minimum absolute atomic E-state index is 0. The summed E-state index contributed by atoms with van der Waals surface area (Å²) in [5.41, 5.74) is 2.08. The number of carbonyl (C=O) groups excluding carboxylic acids is 1. The number of aromatic nitrogens is 1. The highest BCUT2D eigenvalue weighted by Gasteiger charge is 2.14. The lowest BCUT2D eigenvalue weighted by molar-refractivity contribution is -0.121. The predicted molar refractivity (Wildman–Crippen MR) is 90.1 cm³/mol. The number of pyridine rings is 1.